The lowest BCUT2D eigenvalue weighted by molar-refractivity contribution is 0.307. The van der Waals surface area contributed by atoms with Crippen molar-refractivity contribution in [2.24, 2.45) is 11.7 Å². The van der Waals surface area contributed by atoms with E-state index in [1.807, 2.05) is 12.1 Å². The molecule has 0 heterocycles. The molecule has 0 aliphatic heterocycles. The Kier molecular flexibility index (Phi) is 4.75. The van der Waals surface area contributed by atoms with Crippen molar-refractivity contribution in [3.8, 4) is 6.07 Å². The number of thiocarbonyl (C=S) groups is 1. The fraction of sp³-hybridized carbons (Fsp3) is 0.467. The summed E-state index contributed by atoms with van der Waals surface area (Å²) in [6.45, 7) is 0.847. The highest BCUT2D eigenvalue weighted by Gasteiger charge is 2.26. The smallest absolute Gasteiger partial charge is 0.163 e. The Labute approximate surface area is 119 Å². The first-order valence-corrected chi connectivity index (χ1v) is 7.15. The lowest BCUT2D eigenvalue weighted by Crippen LogP contribution is -2.36. The maximum atomic E-state index is 8.85. The lowest BCUT2D eigenvalue weighted by Gasteiger charge is -2.32. The maximum Gasteiger partial charge on any atom is 0.163 e. The van der Waals surface area contributed by atoms with Gasteiger partial charge in [0.05, 0.1) is 11.6 Å². The zero-order valence-corrected chi connectivity index (χ0v) is 11.7. The van der Waals surface area contributed by atoms with Gasteiger partial charge in [0.2, 0.25) is 0 Å². The van der Waals surface area contributed by atoms with Crippen molar-refractivity contribution >= 4 is 17.3 Å². The standard InChI is InChI=1S/C15H19N3S/c16-9-11-5-7-12(8-6-11)14-4-2-1-3-13(14)10-18-15(17)19/h5-8,13-14H,1-4,10H2,(H3,17,18,19). The Bertz CT molecular complexity index is 475. The molecule has 1 aromatic carbocycles. The van der Waals surface area contributed by atoms with E-state index < -0.39 is 0 Å². The van der Waals surface area contributed by atoms with Gasteiger partial charge in [-0.15, -0.1) is 0 Å². The van der Waals surface area contributed by atoms with Crippen LogP contribution in [0.2, 0.25) is 0 Å². The molecule has 2 rings (SSSR count). The van der Waals surface area contributed by atoms with E-state index in [1.54, 1.807) is 0 Å². The molecule has 0 saturated heterocycles. The molecule has 1 aliphatic carbocycles. The highest BCUT2D eigenvalue weighted by molar-refractivity contribution is 7.80. The number of nitriles is 1. The Morgan fingerprint density at radius 3 is 2.63 bits per heavy atom. The second-order valence-electron chi connectivity index (χ2n) is 5.13. The molecule has 19 heavy (non-hydrogen) atoms. The second-order valence-corrected chi connectivity index (χ2v) is 5.57. The quantitative estimate of drug-likeness (QED) is 0.831. The largest absolute Gasteiger partial charge is 0.376 e. The molecule has 2 atom stereocenters. The number of hydrogen-bond donors (Lipinski definition) is 2. The summed E-state index contributed by atoms with van der Waals surface area (Å²) in [5, 5.41) is 12.3. The van der Waals surface area contributed by atoms with Crippen LogP contribution in [0.3, 0.4) is 0 Å². The van der Waals surface area contributed by atoms with E-state index in [9.17, 15) is 0 Å². The highest BCUT2D eigenvalue weighted by Crippen LogP contribution is 2.37. The van der Waals surface area contributed by atoms with E-state index >= 15 is 0 Å². The summed E-state index contributed by atoms with van der Waals surface area (Å²) in [4.78, 5) is 0. The van der Waals surface area contributed by atoms with Crippen molar-refractivity contribution in [1.82, 2.24) is 5.32 Å². The van der Waals surface area contributed by atoms with E-state index in [-0.39, 0.29) is 0 Å². The van der Waals surface area contributed by atoms with Crippen LogP contribution < -0.4 is 11.1 Å². The van der Waals surface area contributed by atoms with Crippen molar-refractivity contribution in [3.63, 3.8) is 0 Å². The normalized spacial score (nSPS) is 22.5. The monoisotopic (exact) mass is 273 g/mol. The summed E-state index contributed by atoms with van der Waals surface area (Å²) in [7, 11) is 0. The molecule has 0 radical (unpaired) electrons. The van der Waals surface area contributed by atoms with Gasteiger partial charge in [0, 0.05) is 6.54 Å². The third-order valence-electron chi connectivity index (χ3n) is 3.92. The minimum atomic E-state index is 0.379. The predicted octanol–water partition coefficient (Wildman–Crippen LogP) is 2.67. The van der Waals surface area contributed by atoms with E-state index in [0.29, 0.717) is 16.9 Å². The molecule has 1 aliphatic rings. The van der Waals surface area contributed by atoms with Gasteiger partial charge in [-0.3, -0.25) is 0 Å². The van der Waals surface area contributed by atoms with Crippen LogP contribution in [0.1, 0.15) is 42.7 Å². The minimum absolute atomic E-state index is 0.379. The van der Waals surface area contributed by atoms with Gasteiger partial charge in [0.15, 0.2) is 5.11 Å². The molecule has 1 fully saturated rings. The van der Waals surface area contributed by atoms with Gasteiger partial charge >= 0.3 is 0 Å². The SMILES string of the molecule is N#Cc1ccc(C2CCCCC2CNC(N)=S)cc1. The predicted molar refractivity (Wildman–Crippen MR) is 80.6 cm³/mol. The molecular weight excluding hydrogens is 254 g/mol. The van der Waals surface area contributed by atoms with Gasteiger partial charge in [-0.2, -0.15) is 5.26 Å². The number of rotatable bonds is 3. The Balaban J connectivity index is 2.09. The summed E-state index contributed by atoms with van der Waals surface area (Å²) in [6.07, 6.45) is 4.96. The number of hydrogen-bond acceptors (Lipinski definition) is 2. The fourth-order valence-corrected chi connectivity index (χ4v) is 3.01. The molecule has 4 heteroatoms. The first kappa shape index (κ1) is 13.8. The average molecular weight is 273 g/mol. The first-order chi connectivity index (χ1) is 9.20. The summed E-state index contributed by atoms with van der Waals surface area (Å²) in [5.74, 6) is 1.12. The third-order valence-corrected chi connectivity index (χ3v) is 4.06. The van der Waals surface area contributed by atoms with Gasteiger partial charge in [0.1, 0.15) is 0 Å². The van der Waals surface area contributed by atoms with Crippen LogP contribution in [0.5, 0.6) is 0 Å². The van der Waals surface area contributed by atoms with Gasteiger partial charge < -0.3 is 11.1 Å². The molecular formula is C15H19N3S. The van der Waals surface area contributed by atoms with Crippen LogP contribution in [-0.4, -0.2) is 11.7 Å². The third kappa shape index (κ3) is 3.68. The molecule has 0 spiro atoms. The van der Waals surface area contributed by atoms with Crippen molar-refractivity contribution in [1.29, 1.82) is 5.26 Å². The van der Waals surface area contributed by atoms with Crippen LogP contribution in [-0.2, 0) is 0 Å². The van der Waals surface area contributed by atoms with E-state index in [0.717, 1.165) is 12.1 Å². The van der Waals surface area contributed by atoms with Crippen molar-refractivity contribution < 1.29 is 0 Å². The fourth-order valence-electron chi connectivity index (χ4n) is 2.93. The molecule has 2 unspecified atom stereocenters. The van der Waals surface area contributed by atoms with Crippen molar-refractivity contribution in [2.75, 3.05) is 6.54 Å². The molecule has 0 amide bonds. The molecule has 1 saturated carbocycles. The number of nitrogens with zero attached hydrogens (tertiary/aromatic N) is 1. The lowest BCUT2D eigenvalue weighted by atomic mass is 9.75. The van der Waals surface area contributed by atoms with Crippen LogP contribution in [0.25, 0.3) is 0 Å². The van der Waals surface area contributed by atoms with Crippen molar-refractivity contribution in [3.05, 3.63) is 35.4 Å². The van der Waals surface area contributed by atoms with Crippen LogP contribution in [0.4, 0.5) is 0 Å². The zero-order chi connectivity index (χ0) is 13.7. The number of nitrogens with two attached hydrogens (primary N) is 1. The molecule has 0 aromatic heterocycles. The van der Waals surface area contributed by atoms with E-state index in [1.165, 1.54) is 31.2 Å². The van der Waals surface area contributed by atoms with E-state index in [2.05, 4.69) is 23.5 Å². The Morgan fingerprint density at radius 1 is 1.32 bits per heavy atom. The topological polar surface area (TPSA) is 61.8 Å². The van der Waals surface area contributed by atoms with Gasteiger partial charge in [-0.1, -0.05) is 25.0 Å². The summed E-state index contributed by atoms with van der Waals surface area (Å²) in [6, 6.07) is 10.1. The van der Waals surface area contributed by atoms with Gasteiger partial charge in [0.25, 0.3) is 0 Å². The molecule has 1 aromatic rings. The number of nitrogens with one attached hydrogen (secondary N) is 1. The van der Waals surface area contributed by atoms with Crippen LogP contribution in [0, 0.1) is 17.2 Å². The van der Waals surface area contributed by atoms with E-state index in [4.69, 9.17) is 23.2 Å². The van der Waals surface area contributed by atoms with Crippen LogP contribution >= 0.6 is 12.2 Å². The second kappa shape index (κ2) is 6.53. The molecule has 3 nitrogen and oxygen atoms in total. The van der Waals surface area contributed by atoms with Crippen LogP contribution in [0.15, 0.2) is 24.3 Å². The summed E-state index contributed by atoms with van der Waals surface area (Å²) < 4.78 is 0. The highest BCUT2D eigenvalue weighted by atomic mass is 32.1. The molecule has 100 valence electrons. The summed E-state index contributed by atoms with van der Waals surface area (Å²) >= 11 is 4.88. The van der Waals surface area contributed by atoms with Crippen molar-refractivity contribution in [2.45, 2.75) is 31.6 Å². The Hall–Kier alpha value is -1.60. The maximum absolute atomic E-state index is 8.85. The average Bonchev–Trinajstić information content (AvgIpc) is 2.45. The Morgan fingerprint density at radius 2 is 2.00 bits per heavy atom. The summed E-state index contributed by atoms with van der Waals surface area (Å²) in [5.41, 5.74) is 7.56. The number of benzene rings is 1. The molecule has 0 bridgehead atoms. The van der Waals surface area contributed by atoms with Gasteiger partial charge in [-0.05, 0) is 54.6 Å². The first-order valence-electron chi connectivity index (χ1n) is 6.74. The van der Waals surface area contributed by atoms with Gasteiger partial charge in [-0.25, -0.2) is 0 Å². The zero-order valence-electron chi connectivity index (χ0n) is 10.9. The molecule has 3 N–H and O–H groups in total. The minimum Gasteiger partial charge on any atom is -0.376 e.